The van der Waals surface area contributed by atoms with Crippen molar-refractivity contribution >= 4 is 5.91 Å². The van der Waals surface area contributed by atoms with Gasteiger partial charge in [-0.1, -0.05) is 6.07 Å². The van der Waals surface area contributed by atoms with Crippen LogP contribution in [-0.2, 0) is 16.2 Å². The fourth-order valence-electron chi connectivity index (χ4n) is 4.78. The third kappa shape index (κ3) is 5.06. The third-order valence-electron chi connectivity index (χ3n) is 6.41. The number of hydroxylamine groups is 2. The second-order valence-electron chi connectivity index (χ2n) is 8.23. The fourth-order valence-corrected chi connectivity index (χ4v) is 4.78. The number of likely N-dealkylation sites (tertiary alicyclic amines) is 2. The van der Waals surface area contributed by atoms with Gasteiger partial charge in [-0.25, -0.2) is 0 Å². The highest BCUT2D eigenvalue weighted by atomic mass is 16.7. The summed E-state index contributed by atoms with van der Waals surface area (Å²) in [5.74, 6) is 1.77. The Labute approximate surface area is 162 Å². The Morgan fingerprint density at radius 2 is 2.00 bits per heavy atom. The second kappa shape index (κ2) is 9.13. The molecule has 1 amide bonds. The lowest BCUT2D eigenvalue weighted by Gasteiger charge is -2.34. The lowest BCUT2D eigenvalue weighted by atomic mass is 9.83. The first kappa shape index (κ1) is 18.8. The first-order valence-electron chi connectivity index (χ1n) is 10.5. The van der Waals surface area contributed by atoms with Crippen molar-refractivity contribution in [3.05, 3.63) is 30.1 Å². The van der Waals surface area contributed by atoms with E-state index in [2.05, 4.69) is 20.9 Å². The van der Waals surface area contributed by atoms with Gasteiger partial charge < -0.3 is 4.90 Å². The minimum absolute atomic E-state index is 0.307. The summed E-state index contributed by atoms with van der Waals surface area (Å²) in [6.07, 6.45) is 9.18. The van der Waals surface area contributed by atoms with Gasteiger partial charge in [0.15, 0.2) is 0 Å². The van der Waals surface area contributed by atoms with Crippen LogP contribution in [0.4, 0.5) is 0 Å². The van der Waals surface area contributed by atoms with Crippen molar-refractivity contribution < 1.29 is 9.63 Å². The lowest BCUT2D eigenvalue weighted by Crippen LogP contribution is -2.37. The molecule has 6 heteroatoms. The molecule has 6 nitrogen and oxygen atoms in total. The molecule has 0 radical (unpaired) electrons. The van der Waals surface area contributed by atoms with Crippen molar-refractivity contribution in [2.24, 2.45) is 11.8 Å². The zero-order valence-electron chi connectivity index (χ0n) is 16.3. The predicted molar refractivity (Wildman–Crippen MR) is 104 cm³/mol. The smallest absolute Gasteiger partial charge is 0.223 e. The van der Waals surface area contributed by atoms with Crippen molar-refractivity contribution in [3.63, 3.8) is 0 Å². The van der Waals surface area contributed by atoms with Gasteiger partial charge in [0.2, 0.25) is 5.91 Å². The monoisotopic (exact) mass is 372 g/mol. The molecule has 0 bridgehead atoms. The molecule has 4 heterocycles. The van der Waals surface area contributed by atoms with E-state index in [0.717, 1.165) is 64.8 Å². The van der Waals surface area contributed by atoms with Crippen LogP contribution in [0.5, 0.6) is 0 Å². The molecule has 1 atom stereocenters. The van der Waals surface area contributed by atoms with Gasteiger partial charge in [0, 0.05) is 51.5 Å². The molecular weight excluding hydrogens is 340 g/mol. The predicted octanol–water partition coefficient (Wildman–Crippen LogP) is 2.17. The minimum Gasteiger partial charge on any atom is -0.342 e. The summed E-state index contributed by atoms with van der Waals surface area (Å²) in [4.78, 5) is 26.9. The van der Waals surface area contributed by atoms with Gasteiger partial charge >= 0.3 is 0 Å². The number of aromatic nitrogens is 1. The molecule has 148 valence electrons. The number of pyridine rings is 1. The highest BCUT2D eigenvalue weighted by Gasteiger charge is 2.33. The van der Waals surface area contributed by atoms with Gasteiger partial charge in [0.1, 0.15) is 0 Å². The van der Waals surface area contributed by atoms with Crippen LogP contribution in [0.2, 0.25) is 0 Å². The maximum atomic E-state index is 12.5. The van der Waals surface area contributed by atoms with Crippen molar-refractivity contribution in [1.29, 1.82) is 0 Å². The Kier molecular flexibility index (Phi) is 6.37. The Hall–Kier alpha value is -1.50. The molecule has 27 heavy (non-hydrogen) atoms. The topological polar surface area (TPSA) is 48.9 Å². The van der Waals surface area contributed by atoms with E-state index in [1.165, 1.54) is 24.8 Å². The molecule has 4 rings (SSSR count). The second-order valence-corrected chi connectivity index (χ2v) is 8.23. The number of carbonyl (C=O) groups excluding carboxylic acids is 1. The quantitative estimate of drug-likeness (QED) is 0.766. The number of hydrogen-bond acceptors (Lipinski definition) is 5. The van der Waals surface area contributed by atoms with Crippen molar-refractivity contribution in [2.45, 2.75) is 38.6 Å². The Morgan fingerprint density at radius 3 is 2.74 bits per heavy atom. The Morgan fingerprint density at radius 1 is 1.15 bits per heavy atom. The normalized spacial score (nSPS) is 25.3. The highest BCUT2D eigenvalue weighted by Crippen LogP contribution is 2.32. The van der Waals surface area contributed by atoms with E-state index in [1.54, 1.807) is 0 Å². The van der Waals surface area contributed by atoms with Crippen LogP contribution in [-0.4, -0.2) is 71.6 Å². The summed E-state index contributed by atoms with van der Waals surface area (Å²) >= 11 is 0. The molecular formula is C21H32N4O2. The fraction of sp³-hybridized carbons (Fsp3) is 0.714. The summed E-state index contributed by atoms with van der Waals surface area (Å²) in [6, 6.07) is 4.18. The Balaban J connectivity index is 1.18. The van der Waals surface area contributed by atoms with Crippen LogP contribution in [0.1, 0.15) is 37.7 Å². The van der Waals surface area contributed by atoms with Crippen LogP contribution in [0, 0.1) is 11.8 Å². The van der Waals surface area contributed by atoms with E-state index in [4.69, 9.17) is 4.84 Å². The summed E-state index contributed by atoms with van der Waals surface area (Å²) in [7, 11) is 0. The maximum absolute atomic E-state index is 12.5. The molecule has 1 aromatic rings. The standard InChI is InChI=1S/C21H32N4O2/c26-21(7-13-25-9-2-14-27-25)24-12-6-20(17-24)19-4-10-23(11-5-19)16-18-3-1-8-22-15-18/h1,3,8,15,19-20H,2,4-7,9-14,16-17H2/t20-/m0/s1. The van der Waals surface area contributed by atoms with Gasteiger partial charge in [-0.3, -0.25) is 19.5 Å². The molecule has 3 fully saturated rings. The number of nitrogens with zero attached hydrogens (tertiary/aromatic N) is 4. The van der Waals surface area contributed by atoms with Crippen molar-refractivity contribution in [1.82, 2.24) is 19.8 Å². The van der Waals surface area contributed by atoms with Crippen molar-refractivity contribution in [3.8, 4) is 0 Å². The van der Waals surface area contributed by atoms with E-state index >= 15 is 0 Å². The number of piperidine rings is 1. The van der Waals surface area contributed by atoms with E-state index in [9.17, 15) is 4.79 Å². The number of carbonyl (C=O) groups is 1. The minimum atomic E-state index is 0.307. The molecule has 0 unspecified atom stereocenters. The zero-order chi connectivity index (χ0) is 18.5. The third-order valence-corrected chi connectivity index (χ3v) is 6.41. The largest absolute Gasteiger partial charge is 0.342 e. The summed E-state index contributed by atoms with van der Waals surface area (Å²) in [5.41, 5.74) is 1.30. The first-order chi connectivity index (χ1) is 13.3. The molecule has 0 aromatic carbocycles. The molecule has 0 N–H and O–H groups in total. The Bertz CT molecular complexity index is 597. The number of hydrogen-bond donors (Lipinski definition) is 0. The lowest BCUT2D eigenvalue weighted by molar-refractivity contribution is -0.138. The summed E-state index contributed by atoms with van der Waals surface area (Å²) < 4.78 is 0. The average molecular weight is 373 g/mol. The molecule has 0 saturated carbocycles. The van der Waals surface area contributed by atoms with Crippen LogP contribution < -0.4 is 0 Å². The summed E-state index contributed by atoms with van der Waals surface area (Å²) in [5, 5.41) is 1.95. The van der Waals surface area contributed by atoms with Gasteiger partial charge in [0.25, 0.3) is 0 Å². The summed E-state index contributed by atoms with van der Waals surface area (Å²) in [6.45, 7) is 7.76. The molecule has 3 aliphatic heterocycles. The molecule has 0 aliphatic carbocycles. The van der Waals surface area contributed by atoms with E-state index in [1.807, 2.05) is 23.5 Å². The van der Waals surface area contributed by atoms with Gasteiger partial charge in [-0.2, -0.15) is 5.06 Å². The number of rotatable bonds is 6. The molecule has 3 saturated heterocycles. The van der Waals surface area contributed by atoms with Crippen LogP contribution in [0.15, 0.2) is 24.5 Å². The van der Waals surface area contributed by atoms with Gasteiger partial charge in [-0.05, 0) is 62.2 Å². The van der Waals surface area contributed by atoms with Gasteiger partial charge in [0.05, 0.1) is 6.61 Å². The molecule has 0 spiro atoms. The zero-order valence-corrected chi connectivity index (χ0v) is 16.3. The first-order valence-corrected chi connectivity index (χ1v) is 10.5. The van der Waals surface area contributed by atoms with Crippen LogP contribution in [0.3, 0.4) is 0 Å². The van der Waals surface area contributed by atoms with Crippen LogP contribution >= 0.6 is 0 Å². The molecule has 3 aliphatic rings. The average Bonchev–Trinajstić information content (AvgIpc) is 3.40. The molecule has 1 aromatic heterocycles. The van der Waals surface area contributed by atoms with Crippen molar-refractivity contribution in [2.75, 3.05) is 45.9 Å². The van der Waals surface area contributed by atoms with E-state index < -0.39 is 0 Å². The maximum Gasteiger partial charge on any atom is 0.223 e. The highest BCUT2D eigenvalue weighted by molar-refractivity contribution is 5.76. The van der Waals surface area contributed by atoms with E-state index in [0.29, 0.717) is 18.2 Å². The number of amides is 1. The van der Waals surface area contributed by atoms with Crippen LogP contribution in [0.25, 0.3) is 0 Å². The van der Waals surface area contributed by atoms with E-state index in [-0.39, 0.29) is 0 Å². The SMILES string of the molecule is O=C(CCN1CCCO1)N1CC[C@H](C2CCN(Cc3cccnc3)CC2)C1. The van der Waals surface area contributed by atoms with Gasteiger partial charge in [-0.15, -0.1) is 0 Å².